The minimum Gasteiger partial charge on any atom is -0.466 e. The zero-order valence-electron chi connectivity index (χ0n) is 11.7. The highest BCUT2D eigenvalue weighted by Crippen LogP contribution is 2.20. The molecule has 0 aromatic carbocycles. The highest BCUT2D eigenvalue weighted by atomic mass is 16.5. The van der Waals surface area contributed by atoms with Crippen molar-refractivity contribution in [1.29, 1.82) is 0 Å². The van der Waals surface area contributed by atoms with E-state index in [0.29, 0.717) is 12.2 Å². The first-order valence-electron chi connectivity index (χ1n) is 6.47. The summed E-state index contributed by atoms with van der Waals surface area (Å²) < 4.78 is 9.62. The number of hydrogen-bond donors (Lipinski definition) is 0. The third-order valence-electron chi connectivity index (χ3n) is 2.52. The molecule has 1 aliphatic carbocycles. The molecule has 0 saturated heterocycles. The van der Waals surface area contributed by atoms with E-state index in [9.17, 15) is 9.59 Å². The van der Waals surface area contributed by atoms with Gasteiger partial charge in [0.05, 0.1) is 6.61 Å². The van der Waals surface area contributed by atoms with E-state index in [-0.39, 0.29) is 18.0 Å². The average Bonchev–Trinajstić information content (AvgIpc) is 2.30. The molecule has 0 atom stereocenters. The van der Waals surface area contributed by atoms with Crippen molar-refractivity contribution in [3.05, 3.63) is 12.2 Å². The maximum atomic E-state index is 11.1. The van der Waals surface area contributed by atoms with Crippen molar-refractivity contribution in [1.82, 2.24) is 0 Å². The van der Waals surface area contributed by atoms with E-state index in [1.54, 1.807) is 13.8 Å². The van der Waals surface area contributed by atoms with Gasteiger partial charge in [0.2, 0.25) is 0 Å². The molecule has 0 spiro atoms. The third kappa shape index (κ3) is 8.79. The minimum absolute atomic E-state index is 0.156. The maximum absolute atomic E-state index is 11.1. The Morgan fingerprint density at radius 3 is 2.06 bits per heavy atom. The lowest BCUT2D eigenvalue weighted by Crippen LogP contribution is -2.20. The minimum atomic E-state index is -0.234. The molecule has 0 amide bonds. The van der Waals surface area contributed by atoms with E-state index in [2.05, 4.69) is 11.3 Å². The Kier molecular flexibility index (Phi) is 8.97. The summed E-state index contributed by atoms with van der Waals surface area (Å²) in [4.78, 5) is 20.9. The van der Waals surface area contributed by atoms with Crippen LogP contribution >= 0.6 is 0 Å². The number of rotatable bonds is 3. The Morgan fingerprint density at radius 2 is 1.72 bits per heavy atom. The average molecular weight is 256 g/mol. The van der Waals surface area contributed by atoms with Gasteiger partial charge in [0.15, 0.2) is 0 Å². The van der Waals surface area contributed by atoms with E-state index in [1.165, 1.54) is 26.2 Å². The van der Waals surface area contributed by atoms with Gasteiger partial charge in [-0.25, -0.2) is 4.79 Å². The Labute approximate surface area is 109 Å². The summed E-state index contributed by atoms with van der Waals surface area (Å²) in [5, 5.41) is 0. The van der Waals surface area contributed by atoms with E-state index in [0.717, 1.165) is 12.8 Å². The van der Waals surface area contributed by atoms with Gasteiger partial charge in [-0.05, 0) is 39.5 Å². The summed E-state index contributed by atoms with van der Waals surface area (Å²) in [5.41, 5.74) is 0.501. The predicted octanol–water partition coefficient (Wildman–Crippen LogP) is 3.01. The van der Waals surface area contributed by atoms with Gasteiger partial charge in [0.1, 0.15) is 6.10 Å². The van der Waals surface area contributed by atoms with Crippen LogP contribution in [-0.4, -0.2) is 24.6 Å². The van der Waals surface area contributed by atoms with Gasteiger partial charge in [-0.2, -0.15) is 0 Å². The zero-order chi connectivity index (χ0) is 14.0. The SMILES string of the molecule is C=C(C)C(=O)OC1CCCCC1.CCOC(C)=O. The molecule has 104 valence electrons. The highest BCUT2D eigenvalue weighted by Gasteiger charge is 2.17. The molecule has 0 aromatic heterocycles. The fraction of sp³-hybridized carbons (Fsp3) is 0.714. The summed E-state index contributed by atoms with van der Waals surface area (Å²) >= 11 is 0. The molecule has 0 aliphatic heterocycles. The van der Waals surface area contributed by atoms with Crippen molar-refractivity contribution >= 4 is 11.9 Å². The molecular formula is C14H24O4. The summed E-state index contributed by atoms with van der Waals surface area (Å²) in [7, 11) is 0. The topological polar surface area (TPSA) is 52.6 Å². The first-order chi connectivity index (χ1) is 8.47. The molecule has 1 saturated carbocycles. The Bertz CT molecular complexity index is 278. The van der Waals surface area contributed by atoms with E-state index < -0.39 is 0 Å². The van der Waals surface area contributed by atoms with Gasteiger partial charge < -0.3 is 9.47 Å². The van der Waals surface area contributed by atoms with E-state index >= 15 is 0 Å². The first-order valence-corrected chi connectivity index (χ1v) is 6.47. The van der Waals surface area contributed by atoms with Gasteiger partial charge in [-0.3, -0.25) is 4.79 Å². The second kappa shape index (κ2) is 9.68. The molecule has 4 nitrogen and oxygen atoms in total. The molecular weight excluding hydrogens is 232 g/mol. The van der Waals surface area contributed by atoms with Crippen molar-refractivity contribution in [2.75, 3.05) is 6.61 Å². The van der Waals surface area contributed by atoms with Crippen LogP contribution in [0.2, 0.25) is 0 Å². The number of hydrogen-bond acceptors (Lipinski definition) is 4. The molecule has 0 unspecified atom stereocenters. The molecule has 0 radical (unpaired) electrons. The van der Waals surface area contributed by atoms with Crippen LogP contribution in [0.3, 0.4) is 0 Å². The van der Waals surface area contributed by atoms with Gasteiger partial charge >= 0.3 is 11.9 Å². The molecule has 0 aromatic rings. The van der Waals surface area contributed by atoms with Crippen molar-refractivity contribution in [3.63, 3.8) is 0 Å². The number of esters is 2. The van der Waals surface area contributed by atoms with Gasteiger partial charge in [-0.1, -0.05) is 13.0 Å². The molecule has 18 heavy (non-hydrogen) atoms. The fourth-order valence-corrected chi connectivity index (χ4v) is 1.64. The Hall–Kier alpha value is -1.32. The Balaban J connectivity index is 0.000000411. The molecule has 0 heterocycles. The van der Waals surface area contributed by atoms with Crippen molar-refractivity contribution in [2.45, 2.75) is 59.0 Å². The Morgan fingerprint density at radius 1 is 1.17 bits per heavy atom. The normalized spacial score (nSPS) is 15.1. The van der Waals surface area contributed by atoms with Gasteiger partial charge in [-0.15, -0.1) is 0 Å². The monoisotopic (exact) mass is 256 g/mol. The van der Waals surface area contributed by atoms with Crippen LogP contribution < -0.4 is 0 Å². The molecule has 1 rings (SSSR count). The summed E-state index contributed by atoms with van der Waals surface area (Å²) in [5.74, 6) is -0.445. The molecule has 4 heteroatoms. The second-order valence-electron chi connectivity index (χ2n) is 4.37. The smallest absolute Gasteiger partial charge is 0.333 e. The van der Waals surface area contributed by atoms with Crippen LogP contribution in [0, 0.1) is 0 Å². The van der Waals surface area contributed by atoms with Crippen LogP contribution in [0.15, 0.2) is 12.2 Å². The molecule has 1 aliphatic rings. The fourth-order valence-electron chi connectivity index (χ4n) is 1.64. The van der Waals surface area contributed by atoms with Crippen molar-refractivity contribution in [3.8, 4) is 0 Å². The maximum Gasteiger partial charge on any atom is 0.333 e. The summed E-state index contributed by atoms with van der Waals surface area (Å²) in [6.07, 6.45) is 5.87. The number of ether oxygens (including phenoxy) is 2. The van der Waals surface area contributed by atoms with Crippen LogP contribution in [0.4, 0.5) is 0 Å². The van der Waals surface area contributed by atoms with E-state index in [1.807, 2.05) is 0 Å². The zero-order valence-corrected chi connectivity index (χ0v) is 11.7. The lowest BCUT2D eigenvalue weighted by molar-refractivity contribution is -0.145. The van der Waals surface area contributed by atoms with Crippen LogP contribution in [-0.2, 0) is 19.1 Å². The van der Waals surface area contributed by atoms with Gasteiger partial charge in [0.25, 0.3) is 0 Å². The molecule has 1 fully saturated rings. The largest absolute Gasteiger partial charge is 0.466 e. The third-order valence-corrected chi connectivity index (χ3v) is 2.52. The van der Waals surface area contributed by atoms with Crippen LogP contribution in [0.1, 0.15) is 52.9 Å². The lowest BCUT2D eigenvalue weighted by atomic mass is 9.98. The highest BCUT2D eigenvalue weighted by molar-refractivity contribution is 5.87. The molecule has 0 N–H and O–H groups in total. The van der Waals surface area contributed by atoms with Crippen LogP contribution in [0.25, 0.3) is 0 Å². The van der Waals surface area contributed by atoms with E-state index in [4.69, 9.17) is 4.74 Å². The standard InChI is InChI=1S/C10H16O2.C4H8O2/c1-8(2)10(11)12-9-6-4-3-5-7-9;1-3-6-4(2)5/h9H,1,3-7H2,2H3;3H2,1-2H3. The van der Waals surface area contributed by atoms with Crippen molar-refractivity contribution < 1.29 is 19.1 Å². The summed E-state index contributed by atoms with van der Waals surface area (Å²) in [6, 6.07) is 0. The lowest BCUT2D eigenvalue weighted by Gasteiger charge is -2.21. The molecule has 0 bridgehead atoms. The van der Waals surface area contributed by atoms with Gasteiger partial charge in [0, 0.05) is 12.5 Å². The van der Waals surface area contributed by atoms with Crippen LogP contribution in [0.5, 0.6) is 0 Å². The second-order valence-corrected chi connectivity index (χ2v) is 4.37. The number of carbonyl (C=O) groups excluding carboxylic acids is 2. The first kappa shape index (κ1) is 16.7. The van der Waals surface area contributed by atoms with Crippen molar-refractivity contribution in [2.24, 2.45) is 0 Å². The predicted molar refractivity (Wildman–Crippen MR) is 70.1 cm³/mol. The number of carbonyl (C=O) groups is 2. The quantitative estimate of drug-likeness (QED) is 0.575. The summed E-state index contributed by atoms with van der Waals surface area (Å²) in [6.45, 7) is 8.88.